The Balaban J connectivity index is 1.28. The number of nitrogens with zero attached hydrogens (tertiary/aromatic N) is 3. The predicted molar refractivity (Wildman–Crippen MR) is 102 cm³/mol. The number of esters is 1. The van der Waals surface area contributed by atoms with Crippen molar-refractivity contribution >= 4 is 34.9 Å². The minimum Gasteiger partial charge on any atom is -0.424 e. The summed E-state index contributed by atoms with van der Waals surface area (Å²) < 4.78 is 5.06. The maximum Gasteiger partial charge on any atom is 0.317 e. The van der Waals surface area contributed by atoms with Gasteiger partial charge in [-0.15, -0.1) is 0 Å². The second-order valence-corrected chi connectivity index (χ2v) is 7.04. The molecule has 8 heteroatoms. The van der Waals surface area contributed by atoms with E-state index in [1.54, 1.807) is 12.3 Å². The second kappa shape index (κ2) is 7.54. The molecule has 7 nitrogen and oxygen atoms in total. The van der Waals surface area contributed by atoms with Gasteiger partial charge < -0.3 is 15.0 Å². The molecule has 1 fully saturated rings. The first-order valence-corrected chi connectivity index (χ1v) is 9.17. The smallest absolute Gasteiger partial charge is 0.317 e. The number of pyridine rings is 1. The van der Waals surface area contributed by atoms with Crippen molar-refractivity contribution in [3.05, 3.63) is 47.2 Å². The van der Waals surface area contributed by atoms with Crippen LogP contribution in [0.1, 0.15) is 5.69 Å². The van der Waals surface area contributed by atoms with E-state index in [0.29, 0.717) is 23.7 Å². The highest BCUT2D eigenvalue weighted by atomic mass is 35.5. The molecule has 2 aliphatic heterocycles. The van der Waals surface area contributed by atoms with E-state index in [9.17, 15) is 9.59 Å². The molecule has 0 saturated carbocycles. The molecule has 2 aromatic rings. The predicted octanol–water partition coefficient (Wildman–Crippen LogP) is 1.96. The number of piperazine rings is 1. The van der Waals surface area contributed by atoms with Crippen LogP contribution in [0.15, 0.2) is 36.5 Å². The van der Waals surface area contributed by atoms with Crippen molar-refractivity contribution in [2.45, 2.75) is 6.42 Å². The lowest BCUT2D eigenvalue weighted by Gasteiger charge is -2.35. The molecule has 1 aromatic carbocycles. The van der Waals surface area contributed by atoms with Gasteiger partial charge in [0.05, 0.1) is 30.5 Å². The van der Waals surface area contributed by atoms with Crippen LogP contribution in [0.25, 0.3) is 0 Å². The Hall–Kier alpha value is -2.64. The number of fused-ring (bicyclic) bond motifs is 1. The Morgan fingerprint density at radius 3 is 2.67 bits per heavy atom. The zero-order chi connectivity index (χ0) is 18.8. The molecule has 1 amide bonds. The molecule has 2 aliphatic rings. The summed E-state index contributed by atoms with van der Waals surface area (Å²) >= 11 is 5.94. The van der Waals surface area contributed by atoms with Crippen molar-refractivity contribution in [3.63, 3.8) is 0 Å². The van der Waals surface area contributed by atoms with Crippen LogP contribution in [0.5, 0.6) is 5.75 Å². The van der Waals surface area contributed by atoms with Crippen molar-refractivity contribution in [2.75, 3.05) is 42.9 Å². The maximum atomic E-state index is 12.3. The number of benzene rings is 1. The Kier molecular flexibility index (Phi) is 4.96. The van der Waals surface area contributed by atoms with E-state index in [0.717, 1.165) is 36.9 Å². The Bertz CT molecular complexity index is 864. The number of rotatable bonds is 4. The molecule has 27 heavy (non-hydrogen) atoms. The number of aromatic nitrogens is 1. The zero-order valence-corrected chi connectivity index (χ0v) is 15.4. The van der Waals surface area contributed by atoms with E-state index in [4.69, 9.17) is 16.3 Å². The molecular weight excluding hydrogens is 368 g/mol. The molecule has 0 spiro atoms. The number of hydrogen-bond donors (Lipinski definition) is 1. The summed E-state index contributed by atoms with van der Waals surface area (Å²) in [6.07, 6.45) is 1.73. The first-order chi connectivity index (χ1) is 13.1. The van der Waals surface area contributed by atoms with E-state index >= 15 is 0 Å². The van der Waals surface area contributed by atoms with Gasteiger partial charge in [-0.1, -0.05) is 11.6 Å². The van der Waals surface area contributed by atoms with Crippen molar-refractivity contribution in [1.82, 2.24) is 9.88 Å². The van der Waals surface area contributed by atoms with E-state index in [1.165, 1.54) is 0 Å². The van der Waals surface area contributed by atoms with Crippen LogP contribution in [-0.2, 0) is 16.0 Å². The molecule has 1 aromatic heterocycles. The molecule has 0 aliphatic carbocycles. The van der Waals surface area contributed by atoms with Crippen molar-refractivity contribution < 1.29 is 14.3 Å². The number of ether oxygens (including phenoxy) is 1. The summed E-state index contributed by atoms with van der Waals surface area (Å²) in [7, 11) is 0. The van der Waals surface area contributed by atoms with Crippen molar-refractivity contribution in [3.8, 4) is 5.75 Å². The summed E-state index contributed by atoms with van der Waals surface area (Å²) in [5.74, 6) is -0.00469. The Labute approximate surface area is 161 Å². The molecular formula is C19H19ClN4O3. The van der Waals surface area contributed by atoms with Gasteiger partial charge in [-0.3, -0.25) is 19.5 Å². The van der Waals surface area contributed by atoms with Gasteiger partial charge >= 0.3 is 5.97 Å². The van der Waals surface area contributed by atoms with Crippen LogP contribution >= 0.6 is 11.6 Å². The highest BCUT2D eigenvalue weighted by Crippen LogP contribution is 2.26. The van der Waals surface area contributed by atoms with Gasteiger partial charge in [-0.2, -0.15) is 0 Å². The lowest BCUT2D eigenvalue weighted by Crippen LogP contribution is -2.48. The summed E-state index contributed by atoms with van der Waals surface area (Å²) in [4.78, 5) is 32.2. The molecule has 0 unspecified atom stereocenters. The molecule has 1 saturated heterocycles. The Morgan fingerprint density at radius 2 is 1.93 bits per heavy atom. The number of carbonyl (C=O) groups is 2. The van der Waals surface area contributed by atoms with Gasteiger partial charge in [0.25, 0.3) is 0 Å². The third kappa shape index (κ3) is 4.20. The average Bonchev–Trinajstić information content (AvgIpc) is 3.02. The number of carbonyl (C=O) groups excluding carboxylic acids is 2. The largest absolute Gasteiger partial charge is 0.424 e. The fraction of sp³-hybridized carbons (Fsp3) is 0.316. The van der Waals surface area contributed by atoms with Gasteiger partial charge in [0.15, 0.2) is 5.75 Å². The van der Waals surface area contributed by atoms with Gasteiger partial charge in [0.1, 0.15) is 0 Å². The minimum atomic E-state index is -0.320. The number of hydrogen-bond acceptors (Lipinski definition) is 6. The molecule has 0 atom stereocenters. The molecule has 0 bridgehead atoms. The van der Waals surface area contributed by atoms with E-state index in [2.05, 4.69) is 20.1 Å². The second-order valence-electron chi connectivity index (χ2n) is 6.61. The lowest BCUT2D eigenvalue weighted by atomic mass is 10.2. The SMILES string of the molecule is O=C(CN1CCN(c2ccc(Cl)cc2)CC1)Nc1cnc2c(c1)OC(=O)C2. The van der Waals surface area contributed by atoms with Crippen molar-refractivity contribution in [1.29, 1.82) is 0 Å². The third-order valence-corrected chi connectivity index (χ3v) is 4.93. The molecule has 140 valence electrons. The number of anilines is 2. The number of halogens is 1. The van der Waals surface area contributed by atoms with Crippen LogP contribution < -0.4 is 15.0 Å². The Morgan fingerprint density at radius 1 is 1.19 bits per heavy atom. The van der Waals surface area contributed by atoms with Gasteiger partial charge in [-0.05, 0) is 24.3 Å². The van der Waals surface area contributed by atoms with Crippen LogP contribution in [0.3, 0.4) is 0 Å². The molecule has 0 radical (unpaired) electrons. The highest BCUT2D eigenvalue weighted by Gasteiger charge is 2.23. The van der Waals surface area contributed by atoms with E-state index in [-0.39, 0.29) is 18.3 Å². The first-order valence-electron chi connectivity index (χ1n) is 8.79. The summed E-state index contributed by atoms with van der Waals surface area (Å²) in [6.45, 7) is 3.62. The normalized spacial score (nSPS) is 16.8. The fourth-order valence-corrected chi connectivity index (χ4v) is 3.40. The number of amides is 1. The standard InChI is InChI=1S/C19H19ClN4O3/c20-13-1-3-15(4-2-13)24-7-5-23(6-8-24)12-18(25)22-14-9-17-16(21-11-14)10-19(26)27-17/h1-4,9,11H,5-8,10,12H2,(H,22,25). The minimum absolute atomic E-state index is 0.110. The molecule has 1 N–H and O–H groups in total. The van der Waals surface area contributed by atoms with Crippen molar-refractivity contribution in [2.24, 2.45) is 0 Å². The van der Waals surface area contributed by atoms with Gasteiger partial charge in [0.2, 0.25) is 5.91 Å². The average molecular weight is 387 g/mol. The van der Waals surface area contributed by atoms with E-state index in [1.807, 2.05) is 24.3 Å². The fourth-order valence-electron chi connectivity index (χ4n) is 3.28. The zero-order valence-electron chi connectivity index (χ0n) is 14.7. The topological polar surface area (TPSA) is 74.8 Å². The van der Waals surface area contributed by atoms with Crippen LogP contribution in [0.2, 0.25) is 5.02 Å². The number of nitrogens with one attached hydrogen (secondary N) is 1. The van der Waals surface area contributed by atoms with Gasteiger partial charge in [0, 0.05) is 43.0 Å². The van der Waals surface area contributed by atoms with E-state index < -0.39 is 0 Å². The summed E-state index contributed by atoms with van der Waals surface area (Å²) in [6, 6.07) is 9.44. The third-order valence-electron chi connectivity index (χ3n) is 4.68. The van der Waals surface area contributed by atoms with Crippen LogP contribution in [-0.4, -0.2) is 54.5 Å². The van der Waals surface area contributed by atoms with Gasteiger partial charge in [-0.25, -0.2) is 0 Å². The summed E-state index contributed by atoms with van der Waals surface area (Å²) in [5, 5.41) is 3.55. The maximum absolute atomic E-state index is 12.3. The highest BCUT2D eigenvalue weighted by molar-refractivity contribution is 6.30. The monoisotopic (exact) mass is 386 g/mol. The van der Waals surface area contributed by atoms with Crippen LogP contribution in [0, 0.1) is 0 Å². The first kappa shape index (κ1) is 17.8. The molecule has 4 rings (SSSR count). The van der Waals surface area contributed by atoms with Crippen LogP contribution in [0.4, 0.5) is 11.4 Å². The molecule has 3 heterocycles. The summed E-state index contributed by atoms with van der Waals surface area (Å²) in [5.41, 5.74) is 2.28. The quantitative estimate of drug-likeness (QED) is 0.810. The lowest BCUT2D eigenvalue weighted by molar-refractivity contribution is -0.131.